The van der Waals surface area contributed by atoms with Gasteiger partial charge in [0.05, 0.1) is 10.2 Å². The van der Waals surface area contributed by atoms with E-state index in [-0.39, 0.29) is 16.3 Å². The lowest BCUT2D eigenvalue weighted by Gasteiger charge is -2.14. The first-order chi connectivity index (χ1) is 7.63. The van der Waals surface area contributed by atoms with Crippen LogP contribution in [0.4, 0.5) is 5.69 Å². The van der Waals surface area contributed by atoms with Gasteiger partial charge in [-0.3, -0.25) is 9.59 Å². The van der Waals surface area contributed by atoms with Crippen molar-refractivity contribution in [2.45, 2.75) is 6.54 Å². The second-order valence-electron chi connectivity index (χ2n) is 3.34. The zero-order valence-electron chi connectivity index (χ0n) is 8.31. The molecule has 0 bridgehead atoms. The molecule has 0 aromatic heterocycles. The Labute approximate surface area is 101 Å². The summed E-state index contributed by atoms with van der Waals surface area (Å²) in [5.41, 5.74) is 6.97. The van der Waals surface area contributed by atoms with Crippen LogP contribution in [0.15, 0.2) is 34.8 Å². The molecular formula is C11H9BrN2O2. The van der Waals surface area contributed by atoms with E-state index in [4.69, 9.17) is 5.73 Å². The molecule has 2 N–H and O–H groups in total. The fraction of sp³-hybridized carbons (Fsp3) is 0.0909. The topological polar surface area (TPSA) is 63.4 Å². The van der Waals surface area contributed by atoms with Crippen molar-refractivity contribution in [3.05, 3.63) is 40.4 Å². The van der Waals surface area contributed by atoms with Crippen LogP contribution in [0.5, 0.6) is 0 Å². The molecule has 16 heavy (non-hydrogen) atoms. The summed E-state index contributed by atoms with van der Waals surface area (Å²) < 4.78 is 0.278. The zero-order valence-corrected chi connectivity index (χ0v) is 9.90. The van der Waals surface area contributed by atoms with Crippen LogP contribution in [0.25, 0.3) is 0 Å². The second kappa shape index (κ2) is 4.19. The van der Waals surface area contributed by atoms with E-state index in [1.807, 2.05) is 0 Å². The van der Waals surface area contributed by atoms with E-state index >= 15 is 0 Å². The molecule has 0 fully saturated rings. The third-order valence-electron chi connectivity index (χ3n) is 2.31. The highest BCUT2D eigenvalue weighted by molar-refractivity contribution is 9.12. The normalized spacial score (nSPS) is 15.6. The molecule has 0 saturated heterocycles. The van der Waals surface area contributed by atoms with Gasteiger partial charge in [0.25, 0.3) is 11.8 Å². The van der Waals surface area contributed by atoms with Crippen LogP contribution >= 0.6 is 15.9 Å². The van der Waals surface area contributed by atoms with Crippen molar-refractivity contribution in [1.29, 1.82) is 0 Å². The third-order valence-corrected chi connectivity index (χ3v) is 2.88. The molecule has 82 valence electrons. The predicted molar refractivity (Wildman–Crippen MR) is 63.8 cm³/mol. The number of nitrogens with zero attached hydrogens (tertiary/aromatic N) is 1. The van der Waals surface area contributed by atoms with E-state index in [1.165, 1.54) is 6.08 Å². The molecule has 0 aliphatic carbocycles. The molecule has 5 heteroatoms. The fourth-order valence-electron chi connectivity index (χ4n) is 1.47. The van der Waals surface area contributed by atoms with Gasteiger partial charge in [0.1, 0.15) is 0 Å². The average Bonchev–Trinajstić information content (AvgIpc) is 2.54. The minimum atomic E-state index is -0.342. The van der Waals surface area contributed by atoms with Crippen molar-refractivity contribution in [3.63, 3.8) is 0 Å². The van der Waals surface area contributed by atoms with Gasteiger partial charge in [-0.1, -0.05) is 12.1 Å². The summed E-state index contributed by atoms with van der Waals surface area (Å²) in [6, 6.07) is 7.00. The summed E-state index contributed by atoms with van der Waals surface area (Å²) >= 11 is 3.04. The molecule has 1 aliphatic rings. The number of rotatable bonds is 2. The van der Waals surface area contributed by atoms with Gasteiger partial charge in [-0.05, 0) is 33.6 Å². The Hall–Kier alpha value is -1.46. The Balaban J connectivity index is 2.32. The highest BCUT2D eigenvalue weighted by atomic mass is 79.9. The maximum atomic E-state index is 11.6. The first kappa shape index (κ1) is 11.0. The standard InChI is InChI=1S/C11H9BrN2O2/c12-9-5-10(15)14(11(9)16)8-3-1-7(6-13)2-4-8/h1-5H,6,13H2. The number of halogens is 1. The average molecular weight is 281 g/mol. The first-order valence-corrected chi connectivity index (χ1v) is 5.47. The first-order valence-electron chi connectivity index (χ1n) is 4.68. The van der Waals surface area contributed by atoms with Crippen LogP contribution < -0.4 is 10.6 Å². The summed E-state index contributed by atoms with van der Waals surface area (Å²) in [4.78, 5) is 24.3. The van der Waals surface area contributed by atoms with Crippen LogP contribution in [0.1, 0.15) is 5.56 Å². The van der Waals surface area contributed by atoms with Gasteiger partial charge in [0.15, 0.2) is 0 Å². The number of imide groups is 1. The van der Waals surface area contributed by atoms with Crippen LogP contribution in [0.3, 0.4) is 0 Å². The maximum Gasteiger partial charge on any atom is 0.272 e. The Bertz CT molecular complexity index is 479. The van der Waals surface area contributed by atoms with Gasteiger partial charge >= 0.3 is 0 Å². The molecular weight excluding hydrogens is 272 g/mol. The quantitative estimate of drug-likeness (QED) is 0.831. The minimum Gasteiger partial charge on any atom is -0.326 e. The number of anilines is 1. The summed E-state index contributed by atoms with van der Waals surface area (Å²) in [6.07, 6.45) is 1.26. The maximum absolute atomic E-state index is 11.6. The molecule has 0 spiro atoms. The Kier molecular flexibility index (Phi) is 2.89. The molecule has 2 amide bonds. The van der Waals surface area contributed by atoms with E-state index in [1.54, 1.807) is 24.3 Å². The van der Waals surface area contributed by atoms with E-state index in [2.05, 4.69) is 15.9 Å². The Morgan fingerprint density at radius 1 is 1.19 bits per heavy atom. The van der Waals surface area contributed by atoms with E-state index in [0.717, 1.165) is 10.5 Å². The van der Waals surface area contributed by atoms with Crippen molar-refractivity contribution in [1.82, 2.24) is 0 Å². The fourth-order valence-corrected chi connectivity index (χ4v) is 1.84. The number of amides is 2. The highest BCUT2D eigenvalue weighted by Crippen LogP contribution is 2.25. The third kappa shape index (κ3) is 1.79. The molecule has 4 nitrogen and oxygen atoms in total. The highest BCUT2D eigenvalue weighted by Gasteiger charge is 2.30. The van der Waals surface area contributed by atoms with E-state index < -0.39 is 0 Å². The van der Waals surface area contributed by atoms with Crippen LogP contribution in [-0.2, 0) is 16.1 Å². The predicted octanol–water partition coefficient (Wildman–Crippen LogP) is 1.30. The molecule has 1 aromatic carbocycles. The summed E-state index contributed by atoms with van der Waals surface area (Å²) in [5, 5.41) is 0. The lowest BCUT2D eigenvalue weighted by atomic mass is 10.2. The van der Waals surface area contributed by atoms with Crippen LogP contribution in [0.2, 0.25) is 0 Å². The van der Waals surface area contributed by atoms with Crippen molar-refractivity contribution in [2.24, 2.45) is 5.73 Å². The molecule has 1 heterocycles. The van der Waals surface area contributed by atoms with Gasteiger partial charge in [-0.25, -0.2) is 4.90 Å². The molecule has 0 radical (unpaired) electrons. The van der Waals surface area contributed by atoms with Crippen LogP contribution in [0, 0.1) is 0 Å². The van der Waals surface area contributed by atoms with Crippen molar-refractivity contribution >= 4 is 33.4 Å². The van der Waals surface area contributed by atoms with Gasteiger partial charge < -0.3 is 5.73 Å². The largest absolute Gasteiger partial charge is 0.326 e. The number of benzene rings is 1. The molecule has 1 aliphatic heterocycles. The Morgan fingerprint density at radius 3 is 2.25 bits per heavy atom. The smallest absolute Gasteiger partial charge is 0.272 e. The molecule has 0 unspecified atom stereocenters. The Morgan fingerprint density at radius 2 is 1.81 bits per heavy atom. The number of carbonyl (C=O) groups is 2. The van der Waals surface area contributed by atoms with Gasteiger partial charge in [0, 0.05) is 12.6 Å². The number of nitrogens with two attached hydrogens (primary N) is 1. The summed E-state index contributed by atoms with van der Waals surface area (Å²) in [6.45, 7) is 0.435. The minimum absolute atomic E-state index is 0.278. The number of hydrogen-bond acceptors (Lipinski definition) is 3. The van der Waals surface area contributed by atoms with Gasteiger partial charge in [-0.15, -0.1) is 0 Å². The van der Waals surface area contributed by atoms with E-state index in [9.17, 15) is 9.59 Å². The van der Waals surface area contributed by atoms with Crippen molar-refractivity contribution in [3.8, 4) is 0 Å². The van der Waals surface area contributed by atoms with Crippen molar-refractivity contribution in [2.75, 3.05) is 4.90 Å². The molecule has 2 rings (SSSR count). The molecule has 0 atom stereocenters. The lowest BCUT2D eigenvalue weighted by molar-refractivity contribution is -0.120. The monoisotopic (exact) mass is 280 g/mol. The second-order valence-corrected chi connectivity index (χ2v) is 4.20. The van der Waals surface area contributed by atoms with Crippen LogP contribution in [-0.4, -0.2) is 11.8 Å². The molecule has 1 aromatic rings. The lowest BCUT2D eigenvalue weighted by Crippen LogP contribution is -2.30. The van der Waals surface area contributed by atoms with E-state index in [0.29, 0.717) is 12.2 Å². The number of hydrogen-bond donors (Lipinski definition) is 1. The van der Waals surface area contributed by atoms with Crippen molar-refractivity contribution < 1.29 is 9.59 Å². The SMILES string of the molecule is NCc1ccc(N2C(=O)C=C(Br)C2=O)cc1. The van der Waals surface area contributed by atoms with Gasteiger partial charge in [0.2, 0.25) is 0 Å². The number of carbonyl (C=O) groups excluding carboxylic acids is 2. The molecule has 0 saturated carbocycles. The zero-order chi connectivity index (χ0) is 11.7. The summed E-state index contributed by atoms with van der Waals surface area (Å²) in [5.74, 6) is -0.678. The van der Waals surface area contributed by atoms with Gasteiger partial charge in [-0.2, -0.15) is 0 Å². The summed E-state index contributed by atoms with van der Waals surface area (Å²) in [7, 11) is 0.